The van der Waals surface area contributed by atoms with Gasteiger partial charge in [0.15, 0.2) is 11.6 Å². The first-order chi connectivity index (χ1) is 12.2. The van der Waals surface area contributed by atoms with E-state index in [0.717, 1.165) is 29.8 Å². The van der Waals surface area contributed by atoms with Crippen LogP contribution in [0.4, 0.5) is 4.39 Å². The number of methoxy groups -OCH3 is 1. The smallest absolute Gasteiger partial charge is 0.220 e. The molecule has 2 aromatic rings. The largest absolute Gasteiger partial charge is 0.494 e. The molecule has 134 valence electrons. The van der Waals surface area contributed by atoms with E-state index in [4.69, 9.17) is 4.74 Å². The number of ether oxygens (including phenoxy) is 1. The van der Waals surface area contributed by atoms with Crippen LogP contribution in [0.25, 0.3) is 0 Å². The molecule has 0 saturated carbocycles. The van der Waals surface area contributed by atoms with E-state index in [-0.39, 0.29) is 11.7 Å². The highest BCUT2D eigenvalue weighted by Crippen LogP contribution is 2.26. The van der Waals surface area contributed by atoms with Gasteiger partial charge in [0.2, 0.25) is 5.91 Å². The quantitative estimate of drug-likeness (QED) is 0.821. The Balaban J connectivity index is 1.41. The topological polar surface area (TPSA) is 51.2 Å². The highest BCUT2D eigenvalue weighted by atomic mass is 32.1. The van der Waals surface area contributed by atoms with E-state index in [1.807, 2.05) is 0 Å². The fraction of sp³-hybridized carbons (Fsp3) is 0.474. The maximum absolute atomic E-state index is 13.6. The van der Waals surface area contributed by atoms with E-state index in [2.05, 4.69) is 10.3 Å². The second-order valence-corrected chi connectivity index (χ2v) is 7.42. The summed E-state index contributed by atoms with van der Waals surface area (Å²) in [6.07, 6.45) is 6.38. The number of benzene rings is 1. The van der Waals surface area contributed by atoms with Crippen molar-refractivity contribution in [1.82, 2.24) is 10.3 Å². The summed E-state index contributed by atoms with van der Waals surface area (Å²) in [4.78, 5) is 18.1. The first-order valence-corrected chi connectivity index (χ1v) is 9.54. The Morgan fingerprint density at radius 3 is 2.92 bits per heavy atom. The second kappa shape index (κ2) is 8.43. The van der Waals surface area contributed by atoms with E-state index in [9.17, 15) is 9.18 Å². The Morgan fingerprint density at radius 1 is 1.32 bits per heavy atom. The molecule has 25 heavy (non-hydrogen) atoms. The van der Waals surface area contributed by atoms with Crippen LogP contribution in [0, 0.1) is 5.82 Å². The average Bonchev–Trinajstić information content (AvgIpc) is 3.03. The zero-order valence-corrected chi connectivity index (χ0v) is 15.3. The van der Waals surface area contributed by atoms with Crippen molar-refractivity contribution in [3.63, 3.8) is 0 Å². The van der Waals surface area contributed by atoms with Crippen molar-refractivity contribution in [3.8, 4) is 5.75 Å². The van der Waals surface area contributed by atoms with Crippen molar-refractivity contribution in [2.24, 2.45) is 0 Å². The van der Waals surface area contributed by atoms with Gasteiger partial charge in [0.1, 0.15) is 0 Å². The fourth-order valence-electron chi connectivity index (χ4n) is 3.03. The van der Waals surface area contributed by atoms with Crippen LogP contribution in [0.3, 0.4) is 0 Å². The summed E-state index contributed by atoms with van der Waals surface area (Å²) in [5, 5.41) is 4.04. The van der Waals surface area contributed by atoms with E-state index in [1.54, 1.807) is 23.5 Å². The lowest BCUT2D eigenvalue weighted by Gasteiger charge is -2.06. The molecule has 0 unspecified atom stereocenters. The minimum atomic E-state index is -0.395. The minimum absolute atomic E-state index is 0.0162. The van der Waals surface area contributed by atoms with Gasteiger partial charge in [-0.05, 0) is 49.8 Å². The van der Waals surface area contributed by atoms with E-state index in [1.165, 1.54) is 36.6 Å². The summed E-state index contributed by atoms with van der Waals surface area (Å²) in [6, 6.07) is 4.80. The number of carbonyl (C=O) groups excluding carboxylic acids is 1. The molecular formula is C19H23FN2O2S. The van der Waals surface area contributed by atoms with Crippen LogP contribution in [-0.2, 0) is 30.5 Å². The average molecular weight is 362 g/mol. The number of amides is 1. The zero-order chi connectivity index (χ0) is 17.6. The fourth-order valence-corrected chi connectivity index (χ4v) is 4.19. The summed E-state index contributed by atoms with van der Waals surface area (Å²) < 4.78 is 18.5. The third-order valence-electron chi connectivity index (χ3n) is 4.41. The van der Waals surface area contributed by atoms with Crippen LogP contribution < -0.4 is 10.1 Å². The zero-order valence-electron chi connectivity index (χ0n) is 14.4. The van der Waals surface area contributed by atoms with Gasteiger partial charge in [-0.3, -0.25) is 4.79 Å². The van der Waals surface area contributed by atoms with Gasteiger partial charge < -0.3 is 10.1 Å². The van der Waals surface area contributed by atoms with Gasteiger partial charge in [0, 0.05) is 24.3 Å². The first kappa shape index (κ1) is 17.9. The Bertz CT molecular complexity index is 722. The molecule has 1 heterocycles. The SMILES string of the molecule is COc1ccc(CCC(=O)NCCc2nc3c(s2)CCCC3)cc1F. The Morgan fingerprint density at radius 2 is 2.16 bits per heavy atom. The summed E-state index contributed by atoms with van der Waals surface area (Å²) in [7, 11) is 1.43. The summed E-state index contributed by atoms with van der Waals surface area (Å²) in [6.45, 7) is 0.599. The van der Waals surface area contributed by atoms with Gasteiger partial charge in [0.05, 0.1) is 17.8 Å². The van der Waals surface area contributed by atoms with Crippen LogP contribution in [-0.4, -0.2) is 24.5 Å². The van der Waals surface area contributed by atoms with Crippen LogP contribution >= 0.6 is 11.3 Å². The number of halogens is 1. The molecule has 0 spiro atoms. The molecule has 1 aromatic carbocycles. The molecular weight excluding hydrogens is 339 g/mol. The molecule has 4 nitrogen and oxygen atoms in total. The number of fused-ring (bicyclic) bond motifs is 1. The molecule has 0 fully saturated rings. The van der Waals surface area contributed by atoms with Gasteiger partial charge in [-0.2, -0.15) is 0 Å². The number of hydrogen-bond acceptors (Lipinski definition) is 4. The number of carbonyl (C=O) groups is 1. The predicted molar refractivity (Wildman–Crippen MR) is 96.7 cm³/mol. The van der Waals surface area contributed by atoms with Gasteiger partial charge in [-0.25, -0.2) is 9.37 Å². The molecule has 6 heteroatoms. The lowest BCUT2D eigenvalue weighted by atomic mass is 10.0. The number of aromatic nitrogens is 1. The van der Waals surface area contributed by atoms with Gasteiger partial charge in [-0.15, -0.1) is 11.3 Å². The molecule has 0 aliphatic heterocycles. The van der Waals surface area contributed by atoms with Crippen molar-refractivity contribution in [1.29, 1.82) is 0 Å². The summed E-state index contributed by atoms with van der Waals surface area (Å²) in [5.74, 6) is -0.190. The van der Waals surface area contributed by atoms with Gasteiger partial charge in [0.25, 0.3) is 0 Å². The number of hydrogen-bond donors (Lipinski definition) is 1. The maximum Gasteiger partial charge on any atom is 0.220 e. The molecule has 1 amide bonds. The lowest BCUT2D eigenvalue weighted by molar-refractivity contribution is -0.121. The van der Waals surface area contributed by atoms with Crippen molar-refractivity contribution in [3.05, 3.63) is 45.2 Å². The van der Waals surface area contributed by atoms with Crippen molar-refractivity contribution in [2.45, 2.75) is 44.9 Å². The standard InChI is InChI=1S/C19H23FN2O2S/c1-24-16-8-6-13(12-14(16)20)7-9-18(23)21-11-10-19-22-15-4-2-3-5-17(15)25-19/h6,8,12H,2-5,7,9-11H2,1H3,(H,21,23). The second-order valence-electron chi connectivity index (χ2n) is 6.25. The van der Waals surface area contributed by atoms with E-state index >= 15 is 0 Å². The molecule has 0 saturated heterocycles. The Labute approximate surface area is 151 Å². The number of nitrogens with one attached hydrogen (secondary N) is 1. The third kappa shape index (κ3) is 4.78. The van der Waals surface area contributed by atoms with Crippen LogP contribution in [0.15, 0.2) is 18.2 Å². The highest BCUT2D eigenvalue weighted by molar-refractivity contribution is 7.11. The normalized spacial score (nSPS) is 13.4. The van der Waals surface area contributed by atoms with E-state index < -0.39 is 5.82 Å². The Kier molecular flexibility index (Phi) is 6.02. The van der Waals surface area contributed by atoms with Crippen molar-refractivity contribution < 1.29 is 13.9 Å². The number of aryl methyl sites for hydroxylation is 3. The van der Waals surface area contributed by atoms with Crippen LogP contribution in [0.2, 0.25) is 0 Å². The highest BCUT2D eigenvalue weighted by Gasteiger charge is 2.15. The molecule has 1 aromatic heterocycles. The number of nitrogens with zero attached hydrogens (tertiary/aromatic N) is 1. The molecule has 1 aliphatic rings. The van der Waals surface area contributed by atoms with Crippen LogP contribution in [0.5, 0.6) is 5.75 Å². The molecule has 1 N–H and O–H groups in total. The third-order valence-corrected chi connectivity index (χ3v) is 5.63. The molecule has 1 aliphatic carbocycles. The molecule has 3 rings (SSSR count). The minimum Gasteiger partial charge on any atom is -0.494 e. The molecule has 0 atom stereocenters. The Hall–Kier alpha value is -1.95. The van der Waals surface area contributed by atoms with Gasteiger partial charge in [-0.1, -0.05) is 6.07 Å². The summed E-state index contributed by atoms with van der Waals surface area (Å²) >= 11 is 1.79. The number of rotatable bonds is 7. The molecule has 0 bridgehead atoms. The number of thiazole rings is 1. The van der Waals surface area contributed by atoms with E-state index in [0.29, 0.717) is 19.4 Å². The van der Waals surface area contributed by atoms with Crippen molar-refractivity contribution >= 4 is 17.2 Å². The monoisotopic (exact) mass is 362 g/mol. The first-order valence-electron chi connectivity index (χ1n) is 8.72. The lowest BCUT2D eigenvalue weighted by Crippen LogP contribution is -2.25. The summed E-state index contributed by atoms with van der Waals surface area (Å²) in [5.41, 5.74) is 2.06. The maximum atomic E-state index is 13.6. The van der Waals surface area contributed by atoms with Gasteiger partial charge >= 0.3 is 0 Å². The molecule has 0 radical (unpaired) electrons. The van der Waals surface area contributed by atoms with Crippen molar-refractivity contribution in [2.75, 3.05) is 13.7 Å². The van der Waals surface area contributed by atoms with Crippen LogP contribution in [0.1, 0.15) is 40.4 Å². The predicted octanol–water partition coefficient (Wildman–Crippen LogP) is 3.46.